The summed E-state index contributed by atoms with van der Waals surface area (Å²) in [5.41, 5.74) is 6.48. The Kier molecular flexibility index (Phi) is 2.48. The van der Waals surface area contributed by atoms with Crippen LogP contribution in [-0.4, -0.2) is 29.3 Å². The molecule has 7 heteroatoms. The van der Waals surface area contributed by atoms with Crippen LogP contribution in [0.15, 0.2) is 27.4 Å². The van der Waals surface area contributed by atoms with Gasteiger partial charge in [0.2, 0.25) is 0 Å². The molecule has 0 bridgehead atoms. The van der Waals surface area contributed by atoms with Crippen molar-refractivity contribution < 1.29 is 19.1 Å². The zero-order valence-electron chi connectivity index (χ0n) is 9.88. The number of hydrogen-bond acceptors (Lipinski definition) is 5. The number of carboxylic acid groups (broad SMARTS) is 1. The molecule has 2 heterocycles. The molecule has 0 radical (unpaired) electrons. The molecule has 1 unspecified atom stereocenters. The monoisotopic (exact) mass is 264 g/mol. The van der Waals surface area contributed by atoms with Gasteiger partial charge in [-0.15, -0.1) is 0 Å². The maximum atomic E-state index is 11.3. The van der Waals surface area contributed by atoms with Gasteiger partial charge in [0.1, 0.15) is 5.41 Å². The van der Waals surface area contributed by atoms with Gasteiger partial charge in [0.05, 0.1) is 24.8 Å². The summed E-state index contributed by atoms with van der Waals surface area (Å²) in [5, 5.41) is 9.30. The van der Waals surface area contributed by atoms with Gasteiger partial charge in [-0.1, -0.05) is 6.07 Å². The van der Waals surface area contributed by atoms with Gasteiger partial charge in [-0.05, 0) is 17.7 Å². The minimum absolute atomic E-state index is 0.0867. The summed E-state index contributed by atoms with van der Waals surface area (Å²) in [6, 6.07) is 4.18. The van der Waals surface area contributed by atoms with Gasteiger partial charge in [0.25, 0.3) is 0 Å². The van der Waals surface area contributed by atoms with Crippen molar-refractivity contribution in [1.82, 2.24) is 4.98 Å². The molecule has 0 spiro atoms. The number of nitrogens with two attached hydrogens (primary N) is 1. The number of ether oxygens (including phenoxy) is 1. The number of aliphatic carboxylic acids is 1. The highest BCUT2D eigenvalue weighted by atomic mass is 16.5. The molecule has 1 atom stereocenters. The average molecular weight is 264 g/mol. The van der Waals surface area contributed by atoms with E-state index in [2.05, 4.69) is 4.98 Å². The Hall–Kier alpha value is -2.12. The van der Waals surface area contributed by atoms with E-state index in [1.807, 2.05) is 0 Å². The Morgan fingerprint density at radius 3 is 2.79 bits per heavy atom. The summed E-state index contributed by atoms with van der Waals surface area (Å²) >= 11 is 0. The summed E-state index contributed by atoms with van der Waals surface area (Å²) < 4.78 is 9.88. The fourth-order valence-electron chi connectivity index (χ4n) is 2.24. The first kappa shape index (κ1) is 11.9. The normalized spacial score (nSPS) is 19.0. The van der Waals surface area contributed by atoms with Crippen molar-refractivity contribution in [1.29, 1.82) is 0 Å². The van der Waals surface area contributed by atoms with Crippen molar-refractivity contribution >= 4 is 17.1 Å². The smallest absolute Gasteiger partial charge is 0.417 e. The fraction of sp³-hybridized carbons (Fsp3) is 0.333. The molecule has 0 amide bonds. The number of benzene rings is 1. The first-order valence-electron chi connectivity index (χ1n) is 5.72. The van der Waals surface area contributed by atoms with E-state index in [4.69, 9.17) is 14.9 Å². The second kappa shape index (κ2) is 3.94. The van der Waals surface area contributed by atoms with Crippen LogP contribution in [0.3, 0.4) is 0 Å². The zero-order valence-corrected chi connectivity index (χ0v) is 9.88. The number of aromatic amines is 1. The van der Waals surface area contributed by atoms with Gasteiger partial charge in [-0.25, -0.2) is 4.79 Å². The van der Waals surface area contributed by atoms with Crippen molar-refractivity contribution in [3.05, 3.63) is 34.3 Å². The molecule has 1 saturated heterocycles. The van der Waals surface area contributed by atoms with Crippen molar-refractivity contribution in [2.45, 2.75) is 6.04 Å². The van der Waals surface area contributed by atoms with Crippen LogP contribution in [0, 0.1) is 5.41 Å². The van der Waals surface area contributed by atoms with E-state index in [0.717, 1.165) is 0 Å². The lowest BCUT2D eigenvalue weighted by Gasteiger charge is -2.41. The number of carboxylic acids is 1. The fourth-order valence-corrected chi connectivity index (χ4v) is 2.24. The number of oxazole rings is 1. The summed E-state index contributed by atoms with van der Waals surface area (Å²) in [4.78, 5) is 24.9. The number of aromatic nitrogens is 1. The largest absolute Gasteiger partial charge is 0.481 e. The lowest BCUT2D eigenvalue weighted by Crippen LogP contribution is -2.55. The molecule has 7 nitrogen and oxygen atoms in total. The highest BCUT2D eigenvalue weighted by molar-refractivity contribution is 5.78. The number of nitrogens with one attached hydrogen (secondary N) is 1. The molecule has 0 saturated carbocycles. The minimum atomic E-state index is -1.10. The highest BCUT2D eigenvalue weighted by Crippen LogP contribution is 2.39. The molecule has 1 aliphatic rings. The molecule has 2 aromatic rings. The van der Waals surface area contributed by atoms with Crippen LogP contribution in [0.5, 0.6) is 0 Å². The summed E-state index contributed by atoms with van der Waals surface area (Å²) in [5.74, 6) is -1.53. The predicted octanol–water partition coefficient (Wildman–Crippen LogP) is 0.222. The predicted molar refractivity (Wildman–Crippen MR) is 64.7 cm³/mol. The lowest BCUT2D eigenvalue weighted by atomic mass is 9.75. The Balaban J connectivity index is 2.03. The first-order chi connectivity index (χ1) is 9.03. The van der Waals surface area contributed by atoms with Crippen LogP contribution in [-0.2, 0) is 9.53 Å². The van der Waals surface area contributed by atoms with Gasteiger partial charge >= 0.3 is 11.7 Å². The molecule has 19 heavy (non-hydrogen) atoms. The SMILES string of the molecule is NC(c1ccc2oc(=O)[nH]c2c1)C1(C(=O)O)COC1. The molecule has 100 valence electrons. The Bertz CT molecular complexity index is 697. The topological polar surface area (TPSA) is 119 Å². The molecule has 1 aromatic carbocycles. The van der Waals surface area contributed by atoms with Crippen LogP contribution in [0.1, 0.15) is 11.6 Å². The third kappa shape index (κ3) is 1.66. The van der Waals surface area contributed by atoms with Crippen LogP contribution in [0.4, 0.5) is 0 Å². The van der Waals surface area contributed by atoms with Gasteiger partial charge in [0, 0.05) is 0 Å². The first-order valence-corrected chi connectivity index (χ1v) is 5.72. The van der Waals surface area contributed by atoms with Crippen molar-refractivity contribution in [3.8, 4) is 0 Å². The van der Waals surface area contributed by atoms with Gasteiger partial charge in [0.15, 0.2) is 5.58 Å². The maximum Gasteiger partial charge on any atom is 0.417 e. The van der Waals surface area contributed by atoms with Crippen molar-refractivity contribution in [2.24, 2.45) is 11.1 Å². The molecule has 1 fully saturated rings. The Morgan fingerprint density at radius 1 is 1.47 bits per heavy atom. The molecular weight excluding hydrogens is 252 g/mol. The van der Waals surface area contributed by atoms with Gasteiger partial charge in [-0.2, -0.15) is 0 Å². The Labute approximate surface area is 107 Å². The van der Waals surface area contributed by atoms with Gasteiger partial charge in [-0.3, -0.25) is 9.78 Å². The van der Waals surface area contributed by atoms with E-state index in [9.17, 15) is 14.7 Å². The zero-order chi connectivity index (χ0) is 13.6. The Morgan fingerprint density at radius 2 is 2.21 bits per heavy atom. The molecule has 1 aromatic heterocycles. The third-order valence-electron chi connectivity index (χ3n) is 3.54. The van der Waals surface area contributed by atoms with E-state index in [0.29, 0.717) is 16.7 Å². The number of hydrogen-bond donors (Lipinski definition) is 3. The van der Waals surface area contributed by atoms with Crippen LogP contribution in [0.2, 0.25) is 0 Å². The van der Waals surface area contributed by atoms with Crippen molar-refractivity contribution in [2.75, 3.05) is 13.2 Å². The van der Waals surface area contributed by atoms with Gasteiger partial charge < -0.3 is 20.0 Å². The minimum Gasteiger partial charge on any atom is -0.481 e. The van der Waals surface area contributed by atoms with Crippen LogP contribution >= 0.6 is 0 Å². The highest BCUT2D eigenvalue weighted by Gasteiger charge is 2.51. The second-order valence-electron chi connectivity index (χ2n) is 4.70. The summed E-state index contributed by atoms with van der Waals surface area (Å²) in [6.45, 7) is 0.173. The molecule has 0 aliphatic carbocycles. The van der Waals surface area contributed by atoms with E-state index >= 15 is 0 Å². The summed E-state index contributed by atoms with van der Waals surface area (Å²) in [6.07, 6.45) is 0. The second-order valence-corrected chi connectivity index (χ2v) is 4.70. The molecular formula is C12H12N2O5. The number of carbonyl (C=O) groups is 1. The third-order valence-corrected chi connectivity index (χ3v) is 3.54. The number of fused-ring (bicyclic) bond motifs is 1. The number of rotatable bonds is 3. The van der Waals surface area contributed by atoms with E-state index in [1.54, 1.807) is 18.2 Å². The van der Waals surface area contributed by atoms with E-state index in [1.165, 1.54) is 0 Å². The summed E-state index contributed by atoms with van der Waals surface area (Å²) in [7, 11) is 0. The maximum absolute atomic E-state index is 11.3. The van der Waals surface area contributed by atoms with Crippen LogP contribution in [0.25, 0.3) is 11.1 Å². The average Bonchev–Trinajstić information content (AvgIpc) is 2.65. The molecule has 1 aliphatic heterocycles. The number of H-pyrrole nitrogens is 1. The quantitative estimate of drug-likeness (QED) is 0.729. The van der Waals surface area contributed by atoms with Crippen LogP contribution < -0.4 is 11.5 Å². The lowest BCUT2D eigenvalue weighted by molar-refractivity contribution is -0.184. The standard InChI is InChI=1S/C12H12N2O5/c13-9(12(10(15)16)4-18-5-12)6-1-2-8-7(3-6)14-11(17)19-8/h1-3,9H,4-5,13H2,(H,14,17)(H,15,16). The van der Waals surface area contributed by atoms with E-state index < -0.39 is 23.2 Å². The van der Waals surface area contributed by atoms with E-state index in [-0.39, 0.29) is 13.2 Å². The molecule has 4 N–H and O–H groups in total. The van der Waals surface area contributed by atoms with Crippen molar-refractivity contribution in [3.63, 3.8) is 0 Å². The molecule has 3 rings (SSSR count).